The first-order valence-corrected chi connectivity index (χ1v) is 8.57. The van der Waals surface area contributed by atoms with E-state index in [1.54, 1.807) is 4.90 Å². The van der Waals surface area contributed by atoms with Gasteiger partial charge in [-0.25, -0.2) is 0 Å². The second-order valence-electron chi connectivity index (χ2n) is 6.47. The molecule has 4 heteroatoms. The van der Waals surface area contributed by atoms with E-state index in [0.29, 0.717) is 6.54 Å². The third-order valence-corrected chi connectivity index (χ3v) is 4.14. The van der Waals surface area contributed by atoms with E-state index in [4.69, 9.17) is 0 Å². The number of anilines is 1. The lowest BCUT2D eigenvalue weighted by atomic mass is 10.1. The Kier molecular flexibility index (Phi) is 6.34. The van der Waals surface area contributed by atoms with E-state index in [0.717, 1.165) is 22.4 Å². The van der Waals surface area contributed by atoms with Crippen LogP contribution < -0.4 is 10.2 Å². The minimum absolute atomic E-state index is 0.0549. The van der Waals surface area contributed by atoms with Crippen LogP contribution >= 0.6 is 0 Å². The highest BCUT2D eigenvalue weighted by atomic mass is 16.2. The van der Waals surface area contributed by atoms with Crippen molar-refractivity contribution in [3.63, 3.8) is 0 Å². The van der Waals surface area contributed by atoms with Gasteiger partial charge in [0.25, 0.3) is 0 Å². The lowest BCUT2D eigenvalue weighted by Crippen LogP contribution is -2.34. The second-order valence-corrected chi connectivity index (χ2v) is 6.47. The lowest BCUT2D eigenvalue weighted by Gasteiger charge is -2.22. The Morgan fingerprint density at radius 1 is 1.04 bits per heavy atom. The Morgan fingerprint density at radius 3 is 2.20 bits per heavy atom. The normalized spacial score (nSPS) is 11.7. The van der Waals surface area contributed by atoms with Gasteiger partial charge in [0.05, 0.1) is 6.04 Å². The monoisotopic (exact) mass is 338 g/mol. The van der Waals surface area contributed by atoms with Crippen LogP contribution in [0.1, 0.15) is 43.0 Å². The van der Waals surface area contributed by atoms with Crippen LogP contribution in [0.2, 0.25) is 0 Å². The Bertz CT molecular complexity index is 721. The molecule has 0 aromatic heterocycles. The molecule has 0 spiro atoms. The summed E-state index contributed by atoms with van der Waals surface area (Å²) in [7, 11) is 0. The molecule has 0 bridgehead atoms. The smallest absolute Gasteiger partial charge is 0.223 e. The van der Waals surface area contributed by atoms with Gasteiger partial charge in [-0.2, -0.15) is 0 Å². The Hall–Kier alpha value is -2.62. The molecule has 0 saturated heterocycles. The number of nitrogens with zero attached hydrogens (tertiary/aromatic N) is 1. The van der Waals surface area contributed by atoms with Crippen molar-refractivity contribution in [2.45, 2.75) is 40.2 Å². The number of amides is 2. The Labute approximate surface area is 149 Å². The molecule has 2 amide bonds. The molecule has 1 N–H and O–H groups in total. The summed E-state index contributed by atoms with van der Waals surface area (Å²) in [6.45, 7) is 7.86. The van der Waals surface area contributed by atoms with Crippen molar-refractivity contribution in [1.82, 2.24) is 5.32 Å². The van der Waals surface area contributed by atoms with Gasteiger partial charge in [-0.1, -0.05) is 36.4 Å². The van der Waals surface area contributed by atoms with Gasteiger partial charge in [0, 0.05) is 25.6 Å². The zero-order valence-corrected chi connectivity index (χ0v) is 15.4. The summed E-state index contributed by atoms with van der Waals surface area (Å²) in [5, 5.41) is 2.99. The number of carbonyl (C=O) groups is 2. The topological polar surface area (TPSA) is 49.4 Å². The van der Waals surface area contributed by atoms with Crippen molar-refractivity contribution < 1.29 is 9.59 Å². The van der Waals surface area contributed by atoms with Crippen molar-refractivity contribution in [3.8, 4) is 0 Å². The molecule has 0 heterocycles. The molecule has 0 aliphatic heterocycles. The molecule has 1 atom stereocenters. The van der Waals surface area contributed by atoms with Crippen molar-refractivity contribution in [2.75, 3.05) is 11.4 Å². The maximum Gasteiger partial charge on any atom is 0.223 e. The van der Waals surface area contributed by atoms with Gasteiger partial charge in [0.2, 0.25) is 11.8 Å². The summed E-state index contributed by atoms with van der Waals surface area (Å²) in [5.41, 5.74) is 4.11. The highest BCUT2D eigenvalue weighted by Crippen LogP contribution is 2.19. The molecule has 1 unspecified atom stereocenters. The first-order valence-electron chi connectivity index (χ1n) is 8.57. The number of benzene rings is 2. The fraction of sp³-hybridized carbons (Fsp3) is 0.333. The van der Waals surface area contributed by atoms with Gasteiger partial charge in [-0.15, -0.1) is 0 Å². The van der Waals surface area contributed by atoms with Crippen LogP contribution in [-0.2, 0) is 9.59 Å². The van der Waals surface area contributed by atoms with Crippen LogP contribution in [0.25, 0.3) is 0 Å². The van der Waals surface area contributed by atoms with E-state index in [2.05, 4.69) is 11.4 Å². The summed E-state index contributed by atoms with van der Waals surface area (Å²) in [6, 6.07) is 15.8. The molecule has 2 aromatic rings. The van der Waals surface area contributed by atoms with E-state index < -0.39 is 0 Å². The molecule has 2 aromatic carbocycles. The maximum absolute atomic E-state index is 12.3. The summed E-state index contributed by atoms with van der Waals surface area (Å²) in [4.78, 5) is 25.9. The molecular weight excluding hydrogens is 312 g/mol. The van der Waals surface area contributed by atoms with Gasteiger partial charge in [-0.3, -0.25) is 9.59 Å². The minimum atomic E-state index is -0.0630. The van der Waals surface area contributed by atoms with E-state index in [-0.39, 0.29) is 24.3 Å². The number of rotatable bonds is 6. The average Bonchev–Trinajstić information content (AvgIpc) is 2.54. The second kappa shape index (κ2) is 8.47. The zero-order chi connectivity index (χ0) is 18.4. The average molecular weight is 338 g/mol. The van der Waals surface area contributed by atoms with Crippen molar-refractivity contribution >= 4 is 17.5 Å². The van der Waals surface area contributed by atoms with Crippen molar-refractivity contribution in [3.05, 3.63) is 65.2 Å². The Morgan fingerprint density at radius 2 is 1.64 bits per heavy atom. The number of hydrogen-bond acceptors (Lipinski definition) is 2. The predicted molar refractivity (Wildman–Crippen MR) is 102 cm³/mol. The van der Waals surface area contributed by atoms with Gasteiger partial charge in [0.1, 0.15) is 0 Å². The SMILES string of the molecule is CC(=O)N(CCC(=O)NC(C)c1ccccc1)c1cc(C)cc(C)c1. The quantitative estimate of drug-likeness (QED) is 0.868. The van der Waals surface area contributed by atoms with E-state index in [1.807, 2.05) is 63.2 Å². The van der Waals surface area contributed by atoms with Gasteiger partial charge in [-0.05, 0) is 49.6 Å². The molecule has 0 fully saturated rings. The molecule has 0 aliphatic carbocycles. The van der Waals surface area contributed by atoms with E-state index >= 15 is 0 Å². The van der Waals surface area contributed by atoms with E-state index in [9.17, 15) is 9.59 Å². The highest BCUT2D eigenvalue weighted by Gasteiger charge is 2.15. The molecule has 0 aliphatic rings. The molecule has 0 saturated carbocycles. The minimum Gasteiger partial charge on any atom is -0.350 e. The fourth-order valence-corrected chi connectivity index (χ4v) is 2.93. The molecule has 25 heavy (non-hydrogen) atoms. The molecule has 2 rings (SSSR count). The summed E-state index contributed by atoms with van der Waals surface area (Å²) < 4.78 is 0. The van der Waals surface area contributed by atoms with Crippen molar-refractivity contribution in [1.29, 1.82) is 0 Å². The lowest BCUT2D eigenvalue weighted by molar-refractivity contribution is -0.121. The molecular formula is C21H26N2O2. The third-order valence-electron chi connectivity index (χ3n) is 4.14. The highest BCUT2D eigenvalue weighted by molar-refractivity contribution is 5.92. The van der Waals surface area contributed by atoms with Gasteiger partial charge in [0.15, 0.2) is 0 Å². The Balaban J connectivity index is 1.99. The van der Waals surface area contributed by atoms with Gasteiger partial charge < -0.3 is 10.2 Å². The first-order chi connectivity index (χ1) is 11.9. The number of carbonyl (C=O) groups excluding carboxylic acids is 2. The first kappa shape index (κ1) is 18.7. The van der Waals surface area contributed by atoms with Crippen LogP contribution in [0.15, 0.2) is 48.5 Å². The standard InChI is InChI=1S/C21H26N2O2/c1-15-12-16(2)14-20(13-15)23(18(4)24)11-10-21(25)22-17(3)19-8-6-5-7-9-19/h5-9,12-14,17H,10-11H2,1-4H3,(H,22,25). The third kappa shape index (κ3) is 5.45. The maximum atomic E-state index is 12.3. The van der Waals surface area contributed by atoms with Crippen LogP contribution in [0.3, 0.4) is 0 Å². The van der Waals surface area contributed by atoms with Gasteiger partial charge >= 0.3 is 0 Å². The van der Waals surface area contributed by atoms with Crippen LogP contribution in [0, 0.1) is 13.8 Å². The number of nitrogens with one attached hydrogen (secondary N) is 1. The molecule has 132 valence electrons. The molecule has 0 radical (unpaired) electrons. The molecule has 4 nitrogen and oxygen atoms in total. The predicted octanol–water partition coefficient (Wildman–Crippen LogP) is 3.92. The summed E-state index contributed by atoms with van der Waals surface area (Å²) in [5.74, 6) is -0.124. The number of hydrogen-bond donors (Lipinski definition) is 1. The number of aryl methyl sites for hydroxylation is 2. The largest absolute Gasteiger partial charge is 0.350 e. The summed E-state index contributed by atoms with van der Waals surface area (Å²) >= 11 is 0. The van der Waals surface area contributed by atoms with Crippen LogP contribution in [-0.4, -0.2) is 18.4 Å². The zero-order valence-electron chi connectivity index (χ0n) is 15.4. The fourth-order valence-electron chi connectivity index (χ4n) is 2.93. The van der Waals surface area contributed by atoms with Crippen molar-refractivity contribution in [2.24, 2.45) is 0 Å². The van der Waals surface area contributed by atoms with Crippen LogP contribution in [0.5, 0.6) is 0 Å². The van der Waals surface area contributed by atoms with Crippen LogP contribution in [0.4, 0.5) is 5.69 Å². The van der Waals surface area contributed by atoms with E-state index in [1.165, 1.54) is 6.92 Å². The summed E-state index contributed by atoms with van der Waals surface area (Å²) in [6.07, 6.45) is 0.268.